The first kappa shape index (κ1) is 18.6. The number of hydrogen-bond donors (Lipinski definition) is 0. The third-order valence-corrected chi connectivity index (χ3v) is 12.0. The van der Waals surface area contributed by atoms with Crippen molar-refractivity contribution in [2.45, 2.75) is 69.2 Å². The Bertz CT molecular complexity index is 669. The van der Waals surface area contributed by atoms with E-state index in [0.29, 0.717) is 0 Å². The van der Waals surface area contributed by atoms with E-state index in [1.165, 1.54) is 33.4 Å². The van der Waals surface area contributed by atoms with E-state index in [9.17, 15) is 0 Å². The van der Waals surface area contributed by atoms with Crippen LogP contribution in [-0.2, 0) is 0 Å². The monoisotopic (exact) mass is 414 g/mol. The topological polar surface area (TPSA) is 0 Å². The standard InChI is InChI=1S/2C11H15.Sn/c2*1-7-6-8(2)10(4)11(5)9(7)3;/h2*1-5H3;/q;;+2. The second-order valence-corrected chi connectivity index (χ2v) is 10.7. The zero-order valence-electron chi connectivity index (χ0n) is 16.5. The van der Waals surface area contributed by atoms with Crippen LogP contribution in [-0.4, -0.2) is 21.1 Å². The van der Waals surface area contributed by atoms with Crippen LogP contribution in [0.2, 0.25) is 0 Å². The molecule has 120 valence electrons. The molecule has 0 nitrogen and oxygen atoms in total. The van der Waals surface area contributed by atoms with Gasteiger partial charge in [0.25, 0.3) is 0 Å². The van der Waals surface area contributed by atoms with Crippen molar-refractivity contribution in [1.29, 1.82) is 0 Å². The molecule has 0 saturated heterocycles. The van der Waals surface area contributed by atoms with Gasteiger partial charge in [0.2, 0.25) is 0 Å². The van der Waals surface area contributed by atoms with Crippen LogP contribution >= 0.6 is 0 Å². The van der Waals surface area contributed by atoms with Crippen LogP contribution in [0.15, 0.2) is 0 Å². The summed E-state index contributed by atoms with van der Waals surface area (Å²) < 4.78 is 3.39. The van der Waals surface area contributed by atoms with Crippen molar-refractivity contribution in [2.24, 2.45) is 0 Å². The Labute approximate surface area is 152 Å². The fourth-order valence-corrected chi connectivity index (χ4v) is 8.49. The molecular weight excluding hydrogens is 383 g/mol. The van der Waals surface area contributed by atoms with Crippen LogP contribution in [0, 0.1) is 69.2 Å². The number of benzene rings is 2. The zero-order chi connectivity index (χ0) is 17.6. The number of rotatable bonds is 2. The van der Waals surface area contributed by atoms with Gasteiger partial charge >= 0.3 is 153 Å². The molecule has 0 saturated carbocycles. The number of hydrogen-bond acceptors (Lipinski definition) is 0. The van der Waals surface area contributed by atoms with E-state index >= 15 is 0 Å². The molecule has 1 heteroatoms. The maximum absolute atomic E-state index is 2.34. The molecule has 2 aromatic carbocycles. The Kier molecular flexibility index (Phi) is 5.35. The second-order valence-electron chi connectivity index (χ2n) is 7.12. The SMILES string of the molecule is Cc1c(C)c(C)[c]([Sn+2][c]2c(C)c(C)c(C)c(C)c2C)c(C)c1C. The predicted octanol–water partition coefficient (Wildman–Crippen LogP) is 4.43. The molecule has 0 bridgehead atoms. The third kappa shape index (κ3) is 2.99. The summed E-state index contributed by atoms with van der Waals surface area (Å²) in [4.78, 5) is 0. The van der Waals surface area contributed by atoms with Gasteiger partial charge in [0.1, 0.15) is 0 Å². The summed E-state index contributed by atoms with van der Waals surface area (Å²) in [6.07, 6.45) is 0. The molecule has 0 N–H and O–H groups in total. The van der Waals surface area contributed by atoms with Crippen molar-refractivity contribution in [2.75, 3.05) is 0 Å². The summed E-state index contributed by atoms with van der Waals surface area (Å²) in [6, 6.07) is 0. The van der Waals surface area contributed by atoms with Gasteiger partial charge in [-0.1, -0.05) is 0 Å². The van der Waals surface area contributed by atoms with Gasteiger partial charge in [0.15, 0.2) is 0 Å². The second kappa shape index (κ2) is 6.62. The molecule has 0 atom stereocenters. The van der Waals surface area contributed by atoms with E-state index in [1.54, 1.807) is 29.4 Å². The predicted molar refractivity (Wildman–Crippen MR) is 105 cm³/mol. The molecule has 0 aliphatic rings. The summed E-state index contributed by atoms with van der Waals surface area (Å²) in [7, 11) is 0. The summed E-state index contributed by atoms with van der Waals surface area (Å²) in [5.41, 5.74) is 15.2. The van der Waals surface area contributed by atoms with Crippen molar-refractivity contribution in [3.8, 4) is 0 Å². The van der Waals surface area contributed by atoms with E-state index < -0.39 is 21.1 Å². The van der Waals surface area contributed by atoms with Gasteiger partial charge in [-0.3, -0.25) is 0 Å². The molecule has 0 heterocycles. The normalized spacial score (nSPS) is 10.9. The van der Waals surface area contributed by atoms with Gasteiger partial charge in [0.05, 0.1) is 0 Å². The van der Waals surface area contributed by atoms with Crippen LogP contribution in [0.25, 0.3) is 0 Å². The molecule has 0 spiro atoms. The molecule has 2 rings (SSSR count). The van der Waals surface area contributed by atoms with Crippen LogP contribution in [0.5, 0.6) is 0 Å². The Morgan fingerprint density at radius 1 is 0.304 bits per heavy atom. The van der Waals surface area contributed by atoms with Gasteiger partial charge in [-0.25, -0.2) is 0 Å². The van der Waals surface area contributed by atoms with E-state index in [1.807, 2.05) is 0 Å². The maximum atomic E-state index is 2.34. The summed E-state index contributed by atoms with van der Waals surface area (Å²) in [5, 5.41) is 0. The van der Waals surface area contributed by atoms with E-state index in [0.717, 1.165) is 0 Å². The molecule has 2 aromatic rings. The molecule has 0 fully saturated rings. The zero-order valence-corrected chi connectivity index (χ0v) is 19.4. The van der Waals surface area contributed by atoms with Crippen LogP contribution in [0.3, 0.4) is 0 Å². The molecule has 0 aliphatic carbocycles. The minimum atomic E-state index is -0.808. The van der Waals surface area contributed by atoms with E-state index in [2.05, 4.69) is 69.2 Å². The van der Waals surface area contributed by atoms with Crippen molar-refractivity contribution in [1.82, 2.24) is 0 Å². The van der Waals surface area contributed by atoms with Crippen LogP contribution < -0.4 is 7.16 Å². The van der Waals surface area contributed by atoms with Gasteiger partial charge in [-0.15, -0.1) is 0 Å². The fourth-order valence-electron chi connectivity index (χ4n) is 3.50. The molecule has 0 aliphatic heterocycles. The van der Waals surface area contributed by atoms with Crippen molar-refractivity contribution in [3.63, 3.8) is 0 Å². The molecular formula is C22H30Sn+2. The average molecular weight is 413 g/mol. The Hall–Kier alpha value is -0.761. The first-order valence-electron chi connectivity index (χ1n) is 8.50. The van der Waals surface area contributed by atoms with Crippen LogP contribution in [0.4, 0.5) is 0 Å². The van der Waals surface area contributed by atoms with E-state index in [-0.39, 0.29) is 0 Å². The van der Waals surface area contributed by atoms with Gasteiger partial charge in [-0.05, 0) is 0 Å². The molecule has 0 unspecified atom stereocenters. The first-order chi connectivity index (χ1) is 10.6. The van der Waals surface area contributed by atoms with Crippen molar-refractivity contribution in [3.05, 3.63) is 55.6 Å². The summed E-state index contributed by atoms with van der Waals surface area (Å²) in [6.45, 7) is 23.1. The van der Waals surface area contributed by atoms with Crippen LogP contribution in [0.1, 0.15) is 55.6 Å². The minimum absolute atomic E-state index is 0.808. The van der Waals surface area contributed by atoms with Crippen molar-refractivity contribution < 1.29 is 0 Å². The Morgan fingerprint density at radius 2 is 0.478 bits per heavy atom. The molecule has 0 radical (unpaired) electrons. The quantitative estimate of drug-likeness (QED) is 0.640. The van der Waals surface area contributed by atoms with E-state index in [4.69, 9.17) is 0 Å². The Balaban J connectivity index is 2.71. The van der Waals surface area contributed by atoms with Gasteiger partial charge in [-0.2, -0.15) is 0 Å². The summed E-state index contributed by atoms with van der Waals surface area (Å²) in [5.74, 6) is 0. The van der Waals surface area contributed by atoms with Gasteiger partial charge < -0.3 is 0 Å². The first-order valence-corrected chi connectivity index (χ1v) is 11.4. The van der Waals surface area contributed by atoms with Gasteiger partial charge in [0, 0.05) is 0 Å². The van der Waals surface area contributed by atoms with Crippen molar-refractivity contribution >= 4 is 28.3 Å². The summed E-state index contributed by atoms with van der Waals surface area (Å²) >= 11 is -0.808. The average Bonchev–Trinajstić information content (AvgIpc) is 2.54. The molecule has 23 heavy (non-hydrogen) atoms. The molecule has 0 aromatic heterocycles. The molecule has 0 amide bonds. The Morgan fingerprint density at radius 3 is 0.696 bits per heavy atom. The third-order valence-electron chi connectivity index (χ3n) is 6.25. The fraction of sp³-hybridized carbons (Fsp3) is 0.455.